The number of nitrogens with one attached hydrogen (secondary N) is 1. The SMILES string of the molecule is COCC(=O)NC[C@H]1O[C@@H](CO)[C@@H](O)[C@H]1N1CCCC1.Cl. The zero-order valence-corrected chi connectivity index (χ0v) is 13.1. The highest BCUT2D eigenvalue weighted by Crippen LogP contribution is 2.28. The zero-order chi connectivity index (χ0) is 14.5. The van der Waals surface area contributed by atoms with E-state index in [1.54, 1.807) is 0 Å². The predicted molar refractivity (Wildman–Crippen MR) is 78.5 cm³/mol. The van der Waals surface area contributed by atoms with Gasteiger partial charge in [0.2, 0.25) is 5.91 Å². The highest BCUT2D eigenvalue weighted by molar-refractivity contribution is 5.85. The number of nitrogens with zero attached hydrogens (tertiary/aromatic N) is 1. The molecule has 0 aromatic heterocycles. The second-order valence-electron chi connectivity index (χ2n) is 5.36. The minimum absolute atomic E-state index is 0. The van der Waals surface area contributed by atoms with Crippen molar-refractivity contribution in [1.82, 2.24) is 10.2 Å². The van der Waals surface area contributed by atoms with E-state index in [-0.39, 0.29) is 43.7 Å². The average Bonchev–Trinajstić information content (AvgIpc) is 3.04. The quantitative estimate of drug-likeness (QED) is 0.566. The molecule has 1 amide bonds. The Kier molecular flexibility index (Phi) is 7.86. The van der Waals surface area contributed by atoms with Gasteiger partial charge in [-0.3, -0.25) is 9.69 Å². The molecule has 0 spiro atoms. The Hall–Kier alpha value is -0.440. The van der Waals surface area contributed by atoms with E-state index in [0.717, 1.165) is 25.9 Å². The summed E-state index contributed by atoms with van der Waals surface area (Å²) in [5, 5.41) is 22.3. The summed E-state index contributed by atoms with van der Waals surface area (Å²) in [5.41, 5.74) is 0. The molecule has 0 aliphatic carbocycles. The van der Waals surface area contributed by atoms with E-state index in [9.17, 15) is 15.0 Å². The van der Waals surface area contributed by atoms with E-state index in [4.69, 9.17) is 9.47 Å². The summed E-state index contributed by atoms with van der Waals surface area (Å²) in [6.07, 6.45) is 0.610. The third-order valence-corrected chi connectivity index (χ3v) is 3.98. The van der Waals surface area contributed by atoms with E-state index in [0.29, 0.717) is 6.54 Å². The van der Waals surface area contributed by atoms with E-state index in [2.05, 4.69) is 10.2 Å². The van der Waals surface area contributed by atoms with Gasteiger partial charge in [-0.2, -0.15) is 0 Å². The Labute approximate surface area is 131 Å². The minimum Gasteiger partial charge on any atom is -0.394 e. The van der Waals surface area contributed by atoms with Crippen molar-refractivity contribution < 1.29 is 24.5 Å². The molecule has 2 fully saturated rings. The van der Waals surface area contributed by atoms with Crippen molar-refractivity contribution in [2.75, 3.05) is 40.0 Å². The lowest BCUT2D eigenvalue weighted by Gasteiger charge is -2.30. The van der Waals surface area contributed by atoms with Gasteiger partial charge in [-0.15, -0.1) is 12.4 Å². The van der Waals surface area contributed by atoms with Gasteiger partial charge >= 0.3 is 0 Å². The zero-order valence-electron chi connectivity index (χ0n) is 12.2. The highest BCUT2D eigenvalue weighted by Gasteiger charge is 2.46. The Morgan fingerprint density at radius 2 is 2.05 bits per heavy atom. The lowest BCUT2D eigenvalue weighted by molar-refractivity contribution is -0.125. The molecule has 2 aliphatic heterocycles. The molecule has 2 heterocycles. The first-order valence-corrected chi connectivity index (χ1v) is 7.11. The number of aliphatic hydroxyl groups is 2. The monoisotopic (exact) mass is 324 g/mol. The number of aliphatic hydroxyl groups excluding tert-OH is 2. The summed E-state index contributed by atoms with van der Waals surface area (Å²) in [4.78, 5) is 13.6. The van der Waals surface area contributed by atoms with Gasteiger partial charge in [-0.05, 0) is 25.9 Å². The molecule has 0 radical (unpaired) electrons. The molecule has 2 aliphatic rings. The van der Waals surface area contributed by atoms with E-state index < -0.39 is 12.2 Å². The molecular formula is C13H25ClN2O5. The molecule has 8 heteroatoms. The molecule has 3 N–H and O–H groups in total. The van der Waals surface area contributed by atoms with Crippen molar-refractivity contribution >= 4 is 18.3 Å². The largest absolute Gasteiger partial charge is 0.394 e. The number of hydrogen-bond donors (Lipinski definition) is 3. The molecule has 0 aromatic carbocycles. The van der Waals surface area contributed by atoms with Crippen LogP contribution in [0.15, 0.2) is 0 Å². The van der Waals surface area contributed by atoms with Gasteiger partial charge in [-0.1, -0.05) is 0 Å². The molecule has 4 atom stereocenters. The van der Waals surface area contributed by atoms with Gasteiger partial charge < -0.3 is 25.0 Å². The number of rotatable bonds is 6. The van der Waals surface area contributed by atoms with Crippen LogP contribution in [0.2, 0.25) is 0 Å². The van der Waals surface area contributed by atoms with Crippen LogP contribution < -0.4 is 5.32 Å². The minimum atomic E-state index is -0.720. The number of carbonyl (C=O) groups excluding carboxylic acids is 1. The predicted octanol–water partition coefficient (Wildman–Crippen LogP) is -1.24. The van der Waals surface area contributed by atoms with Crippen LogP contribution in [0.1, 0.15) is 12.8 Å². The van der Waals surface area contributed by atoms with Crippen LogP contribution in [0, 0.1) is 0 Å². The standard InChI is InChI=1S/C13H24N2O5.ClH/c1-19-8-11(17)14-6-9-12(15-4-2-3-5-15)13(18)10(7-16)20-9;/h9-10,12-13,16,18H,2-8H2,1H3,(H,14,17);1H/t9-,10+,12+,13-;/m1./s1. The van der Waals surface area contributed by atoms with Crippen molar-refractivity contribution in [2.45, 2.75) is 37.2 Å². The van der Waals surface area contributed by atoms with Crippen LogP contribution in [0.4, 0.5) is 0 Å². The van der Waals surface area contributed by atoms with Crippen molar-refractivity contribution in [3.63, 3.8) is 0 Å². The number of amides is 1. The maximum absolute atomic E-state index is 11.4. The second-order valence-corrected chi connectivity index (χ2v) is 5.36. The van der Waals surface area contributed by atoms with E-state index >= 15 is 0 Å². The van der Waals surface area contributed by atoms with E-state index in [1.165, 1.54) is 7.11 Å². The summed E-state index contributed by atoms with van der Waals surface area (Å²) < 4.78 is 10.4. The highest BCUT2D eigenvalue weighted by atomic mass is 35.5. The smallest absolute Gasteiger partial charge is 0.246 e. The molecule has 0 unspecified atom stereocenters. The van der Waals surface area contributed by atoms with Crippen LogP contribution >= 0.6 is 12.4 Å². The summed E-state index contributed by atoms with van der Waals surface area (Å²) in [6.45, 7) is 1.95. The van der Waals surface area contributed by atoms with Gasteiger partial charge in [0.25, 0.3) is 0 Å². The van der Waals surface area contributed by atoms with Gasteiger partial charge in [0, 0.05) is 13.7 Å². The van der Waals surface area contributed by atoms with Crippen molar-refractivity contribution in [3.8, 4) is 0 Å². The summed E-state index contributed by atoms with van der Waals surface area (Å²) in [7, 11) is 1.46. The maximum atomic E-state index is 11.4. The Balaban J connectivity index is 0.00000220. The van der Waals surface area contributed by atoms with E-state index in [1.807, 2.05) is 0 Å². The molecular weight excluding hydrogens is 300 g/mol. The molecule has 2 rings (SSSR count). The first-order chi connectivity index (χ1) is 9.67. The van der Waals surface area contributed by atoms with Crippen LogP contribution in [-0.2, 0) is 14.3 Å². The van der Waals surface area contributed by atoms with Crippen LogP contribution in [0.5, 0.6) is 0 Å². The number of likely N-dealkylation sites (tertiary alicyclic amines) is 1. The van der Waals surface area contributed by atoms with Gasteiger partial charge in [0.15, 0.2) is 0 Å². The average molecular weight is 325 g/mol. The Morgan fingerprint density at radius 3 is 2.62 bits per heavy atom. The number of ether oxygens (including phenoxy) is 2. The summed E-state index contributed by atoms with van der Waals surface area (Å²) in [5.74, 6) is -0.210. The lowest BCUT2D eigenvalue weighted by Crippen LogP contribution is -2.50. The van der Waals surface area contributed by atoms with Crippen molar-refractivity contribution in [2.24, 2.45) is 0 Å². The molecule has 7 nitrogen and oxygen atoms in total. The molecule has 0 saturated carbocycles. The molecule has 0 aromatic rings. The van der Waals surface area contributed by atoms with Gasteiger partial charge in [-0.25, -0.2) is 0 Å². The second kappa shape index (κ2) is 8.87. The summed E-state index contributed by atoms with van der Waals surface area (Å²) in [6, 6.07) is -0.169. The van der Waals surface area contributed by atoms with Crippen LogP contribution in [0.25, 0.3) is 0 Å². The van der Waals surface area contributed by atoms with Gasteiger partial charge in [0.1, 0.15) is 18.8 Å². The molecule has 21 heavy (non-hydrogen) atoms. The normalized spacial score (nSPS) is 32.9. The van der Waals surface area contributed by atoms with Crippen molar-refractivity contribution in [3.05, 3.63) is 0 Å². The fraction of sp³-hybridized carbons (Fsp3) is 0.923. The van der Waals surface area contributed by atoms with Crippen molar-refractivity contribution in [1.29, 1.82) is 0 Å². The fourth-order valence-electron chi connectivity index (χ4n) is 3.03. The topological polar surface area (TPSA) is 91.3 Å². The fourth-order valence-corrected chi connectivity index (χ4v) is 3.03. The summed E-state index contributed by atoms with van der Waals surface area (Å²) >= 11 is 0. The Bertz CT molecular complexity index is 328. The first kappa shape index (κ1) is 18.6. The van der Waals surface area contributed by atoms with Crippen LogP contribution in [-0.4, -0.2) is 85.3 Å². The number of hydrogen-bond acceptors (Lipinski definition) is 6. The maximum Gasteiger partial charge on any atom is 0.246 e. The molecule has 124 valence electrons. The molecule has 0 bridgehead atoms. The van der Waals surface area contributed by atoms with Crippen LogP contribution in [0.3, 0.4) is 0 Å². The number of halogens is 1. The number of carbonyl (C=O) groups is 1. The first-order valence-electron chi connectivity index (χ1n) is 7.11. The third kappa shape index (κ3) is 4.51. The molecule has 2 saturated heterocycles. The van der Waals surface area contributed by atoms with Gasteiger partial charge in [0.05, 0.1) is 18.8 Å². The lowest BCUT2D eigenvalue weighted by atomic mass is 10.0. The number of methoxy groups -OCH3 is 1. The third-order valence-electron chi connectivity index (χ3n) is 3.98. The Morgan fingerprint density at radius 1 is 1.38 bits per heavy atom.